The van der Waals surface area contributed by atoms with Gasteiger partial charge >= 0.3 is 51.4 Å². The van der Waals surface area contributed by atoms with E-state index in [1.54, 1.807) is 0 Å². The second-order valence-electron chi connectivity index (χ2n) is 5.19. The molecule has 19 heavy (non-hydrogen) atoms. The number of carbonyl (C=O) groups is 1. The molecule has 5 heteroatoms. The van der Waals surface area contributed by atoms with Crippen LogP contribution >= 0.6 is 0 Å². The first-order valence-electron chi connectivity index (χ1n) is 7.37. The molecule has 0 radical (unpaired) electrons. The van der Waals surface area contributed by atoms with Crippen LogP contribution in [-0.2, 0) is 0 Å². The quantitative estimate of drug-likeness (QED) is 0.590. The van der Waals surface area contributed by atoms with E-state index in [2.05, 4.69) is 11.8 Å². The van der Waals surface area contributed by atoms with E-state index in [0.29, 0.717) is 19.0 Å². The molecule has 1 amide bonds. The summed E-state index contributed by atoms with van der Waals surface area (Å²) in [6.07, 6.45) is 2.91. The molecule has 0 N–H and O–H groups in total. The van der Waals surface area contributed by atoms with Crippen molar-refractivity contribution in [3.8, 4) is 0 Å². The largest absolute Gasteiger partial charge is 1.00 e. The number of piperidine rings is 1. The summed E-state index contributed by atoms with van der Waals surface area (Å²) in [4.78, 5) is 14.4. The fourth-order valence-corrected chi connectivity index (χ4v) is 2.78. The Morgan fingerprint density at radius 1 is 1.16 bits per heavy atom. The Morgan fingerprint density at radius 2 is 1.68 bits per heavy atom. The number of amides is 1. The molecule has 2 aliphatic heterocycles. The van der Waals surface area contributed by atoms with Crippen LogP contribution in [0.15, 0.2) is 0 Å². The van der Waals surface area contributed by atoms with Crippen LogP contribution < -0.4 is 56.5 Å². The fourth-order valence-electron chi connectivity index (χ4n) is 2.78. The summed E-state index contributed by atoms with van der Waals surface area (Å²) in [5.41, 5.74) is 0. The minimum atomic E-state index is -1.01. The first-order chi connectivity index (χ1) is 8.69. The second kappa shape index (κ2) is 10.6. The molecule has 0 bridgehead atoms. The average molecular weight is 294 g/mol. The predicted octanol–water partition coefficient (Wildman–Crippen LogP) is -1.59. The van der Waals surface area contributed by atoms with Crippen LogP contribution in [0.3, 0.4) is 0 Å². The molecular weight excluding hydrogens is 267 g/mol. The molecule has 106 valence electrons. The zero-order valence-corrected chi connectivity index (χ0v) is 16.1. The van der Waals surface area contributed by atoms with Crippen molar-refractivity contribution in [2.45, 2.75) is 40.0 Å². The summed E-state index contributed by atoms with van der Waals surface area (Å²) in [5.74, 6) is 1.45. The molecule has 2 rings (SSSR count). The van der Waals surface area contributed by atoms with Gasteiger partial charge in [0.1, 0.15) is 6.09 Å². The molecule has 2 aliphatic rings. The molecule has 0 spiro atoms. The van der Waals surface area contributed by atoms with Crippen LogP contribution in [0, 0.1) is 11.8 Å². The molecular formula is C14H27KN2O2. The first-order valence-corrected chi connectivity index (χ1v) is 7.37. The number of nitrogens with zero attached hydrogens (tertiary/aromatic N) is 2. The molecule has 4 nitrogen and oxygen atoms in total. The van der Waals surface area contributed by atoms with Gasteiger partial charge in [0.2, 0.25) is 0 Å². The van der Waals surface area contributed by atoms with Crippen LogP contribution in [0.1, 0.15) is 40.0 Å². The first kappa shape index (κ1) is 19.9. The van der Waals surface area contributed by atoms with E-state index in [-0.39, 0.29) is 51.4 Å². The minimum absolute atomic E-state index is 0. The monoisotopic (exact) mass is 294 g/mol. The normalized spacial score (nSPS) is 20.9. The van der Waals surface area contributed by atoms with Crippen molar-refractivity contribution in [2.75, 3.05) is 32.7 Å². The molecule has 0 aromatic rings. The van der Waals surface area contributed by atoms with Crippen molar-refractivity contribution in [3.05, 3.63) is 0 Å². The van der Waals surface area contributed by atoms with Crippen LogP contribution in [0.25, 0.3) is 0 Å². The van der Waals surface area contributed by atoms with Gasteiger partial charge in [-0.25, -0.2) is 0 Å². The van der Waals surface area contributed by atoms with Crippen molar-refractivity contribution in [2.24, 2.45) is 11.8 Å². The number of rotatable bonds is 3. The van der Waals surface area contributed by atoms with E-state index in [4.69, 9.17) is 0 Å². The Morgan fingerprint density at radius 3 is 2.11 bits per heavy atom. The Balaban J connectivity index is 0.00000103. The summed E-state index contributed by atoms with van der Waals surface area (Å²) >= 11 is 0. The van der Waals surface area contributed by atoms with Gasteiger partial charge in [-0.1, -0.05) is 27.2 Å². The molecule has 0 saturated carbocycles. The molecule has 0 unspecified atom stereocenters. The van der Waals surface area contributed by atoms with Gasteiger partial charge in [-0.15, -0.1) is 0 Å². The number of likely N-dealkylation sites (tertiary alicyclic amines) is 2. The van der Waals surface area contributed by atoms with E-state index in [1.165, 1.54) is 37.3 Å². The SMILES string of the molecule is CC.CCC1CCN(CC2CN(C(=O)[O-])C2)CC1.[K+]. The van der Waals surface area contributed by atoms with Crippen LogP contribution in [0.2, 0.25) is 0 Å². The molecule has 0 aromatic heterocycles. The van der Waals surface area contributed by atoms with E-state index in [0.717, 1.165) is 12.5 Å². The van der Waals surface area contributed by atoms with Crippen molar-refractivity contribution in [1.82, 2.24) is 9.80 Å². The van der Waals surface area contributed by atoms with Crippen molar-refractivity contribution < 1.29 is 61.3 Å². The Kier molecular flexibility index (Phi) is 11.1. The zero-order chi connectivity index (χ0) is 13.5. The maximum Gasteiger partial charge on any atom is 1.00 e. The van der Waals surface area contributed by atoms with Crippen molar-refractivity contribution in [1.29, 1.82) is 0 Å². The van der Waals surface area contributed by atoms with E-state index < -0.39 is 6.09 Å². The van der Waals surface area contributed by atoms with Crippen LogP contribution in [-0.4, -0.2) is 48.6 Å². The maximum absolute atomic E-state index is 10.5. The van der Waals surface area contributed by atoms with Gasteiger partial charge in [0.05, 0.1) is 0 Å². The van der Waals surface area contributed by atoms with Crippen molar-refractivity contribution in [3.63, 3.8) is 0 Å². The Labute approximate surface area is 160 Å². The number of hydrogen-bond acceptors (Lipinski definition) is 3. The molecule has 0 aromatic carbocycles. The topological polar surface area (TPSA) is 46.6 Å². The van der Waals surface area contributed by atoms with Gasteiger partial charge < -0.3 is 19.7 Å². The van der Waals surface area contributed by atoms with Crippen LogP contribution in [0.4, 0.5) is 4.79 Å². The summed E-state index contributed by atoms with van der Waals surface area (Å²) in [7, 11) is 0. The predicted molar refractivity (Wildman–Crippen MR) is 71.3 cm³/mol. The average Bonchev–Trinajstić information content (AvgIpc) is 2.36. The van der Waals surface area contributed by atoms with Gasteiger partial charge in [-0.3, -0.25) is 0 Å². The number of carboxylic acid groups (broad SMARTS) is 1. The number of hydrogen-bond donors (Lipinski definition) is 0. The standard InChI is InChI=1S/C12H22N2O2.C2H6.K/c1-2-10-3-5-13(6-4-10)7-11-8-14(9-11)12(15)16;1-2;/h10-11H,2-9H2,1H3,(H,15,16);1-2H3;/q;;+1/p-1. The maximum atomic E-state index is 10.5. The minimum Gasteiger partial charge on any atom is -0.530 e. The van der Waals surface area contributed by atoms with Gasteiger partial charge in [-0.2, -0.15) is 0 Å². The zero-order valence-electron chi connectivity index (χ0n) is 13.0. The van der Waals surface area contributed by atoms with Crippen molar-refractivity contribution >= 4 is 6.09 Å². The third-order valence-corrected chi connectivity index (χ3v) is 4.02. The van der Waals surface area contributed by atoms with Crippen LogP contribution in [0.5, 0.6) is 0 Å². The van der Waals surface area contributed by atoms with Gasteiger partial charge in [0.15, 0.2) is 0 Å². The van der Waals surface area contributed by atoms with Gasteiger partial charge in [0.25, 0.3) is 0 Å². The van der Waals surface area contributed by atoms with Gasteiger partial charge in [0, 0.05) is 25.6 Å². The summed E-state index contributed by atoms with van der Waals surface area (Å²) in [5, 5.41) is 10.5. The molecule has 0 atom stereocenters. The number of carbonyl (C=O) groups excluding carboxylic acids is 1. The fraction of sp³-hybridized carbons (Fsp3) is 0.929. The molecule has 0 aliphatic carbocycles. The smallest absolute Gasteiger partial charge is 0.530 e. The Bertz CT molecular complexity index is 250. The third-order valence-electron chi connectivity index (χ3n) is 4.02. The molecule has 2 heterocycles. The van der Waals surface area contributed by atoms with E-state index in [9.17, 15) is 9.90 Å². The molecule has 2 fully saturated rings. The summed E-state index contributed by atoms with van der Waals surface area (Å²) in [6, 6.07) is 0. The van der Waals surface area contributed by atoms with Gasteiger partial charge in [-0.05, 0) is 31.8 Å². The van der Waals surface area contributed by atoms with E-state index in [1.807, 2.05) is 13.8 Å². The van der Waals surface area contributed by atoms with E-state index >= 15 is 0 Å². The molecule has 2 saturated heterocycles. The Hall–Kier alpha value is 0.866. The summed E-state index contributed by atoms with van der Waals surface area (Å²) in [6.45, 7) is 11.1. The summed E-state index contributed by atoms with van der Waals surface area (Å²) < 4.78 is 0. The second-order valence-corrected chi connectivity index (χ2v) is 5.19. The third kappa shape index (κ3) is 6.44.